The Labute approximate surface area is 158 Å². The minimum absolute atomic E-state index is 0.135. The summed E-state index contributed by atoms with van der Waals surface area (Å²) in [6, 6.07) is 17.5. The van der Waals surface area contributed by atoms with Crippen LogP contribution in [0, 0.1) is 0 Å². The van der Waals surface area contributed by atoms with Gasteiger partial charge in [0, 0.05) is 35.0 Å². The molecule has 2 aromatic carbocycles. The Kier molecular flexibility index (Phi) is 4.67. The molecule has 0 aliphatic carbocycles. The fourth-order valence-electron chi connectivity index (χ4n) is 2.58. The van der Waals surface area contributed by atoms with Crippen LogP contribution in [0.15, 0.2) is 77.0 Å². The van der Waals surface area contributed by atoms with Gasteiger partial charge in [-0.2, -0.15) is 0 Å². The van der Waals surface area contributed by atoms with E-state index in [9.17, 15) is 9.59 Å². The number of fused-ring (bicyclic) bond motifs is 1. The Balaban J connectivity index is 1.46. The van der Waals surface area contributed by atoms with Crippen LogP contribution in [0.5, 0.6) is 5.75 Å². The van der Waals surface area contributed by atoms with Gasteiger partial charge in [-0.3, -0.25) is 14.0 Å². The number of thiazole rings is 1. The average Bonchev–Trinajstić information content (AvgIpc) is 3.17. The third kappa shape index (κ3) is 3.88. The Morgan fingerprint density at radius 2 is 1.96 bits per heavy atom. The van der Waals surface area contributed by atoms with E-state index in [1.54, 1.807) is 42.6 Å². The average molecular weight is 377 g/mol. The molecule has 1 N–H and O–H groups in total. The summed E-state index contributed by atoms with van der Waals surface area (Å²) >= 11 is 1.39. The maximum atomic E-state index is 12.2. The third-order valence-electron chi connectivity index (χ3n) is 3.87. The van der Waals surface area contributed by atoms with Gasteiger partial charge in [0.2, 0.25) is 0 Å². The quantitative estimate of drug-likeness (QED) is 0.577. The largest absolute Gasteiger partial charge is 0.487 e. The molecule has 0 aliphatic rings. The number of amides is 1. The summed E-state index contributed by atoms with van der Waals surface area (Å²) in [6.07, 6.45) is 1.69. The zero-order chi connectivity index (χ0) is 18.6. The number of benzene rings is 2. The lowest BCUT2D eigenvalue weighted by Gasteiger charge is -2.09. The van der Waals surface area contributed by atoms with Gasteiger partial charge < -0.3 is 10.1 Å². The predicted molar refractivity (Wildman–Crippen MR) is 105 cm³/mol. The number of aromatic nitrogens is 2. The van der Waals surface area contributed by atoms with Gasteiger partial charge in [0.05, 0.1) is 5.69 Å². The van der Waals surface area contributed by atoms with Crippen LogP contribution < -0.4 is 15.6 Å². The molecule has 0 saturated carbocycles. The molecule has 0 unspecified atom stereocenters. The lowest BCUT2D eigenvalue weighted by Crippen LogP contribution is -2.14. The number of ether oxygens (including phenoxy) is 1. The molecule has 0 fully saturated rings. The van der Waals surface area contributed by atoms with Crippen molar-refractivity contribution in [2.24, 2.45) is 0 Å². The van der Waals surface area contributed by atoms with Gasteiger partial charge in [-0.15, -0.1) is 11.3 Å². The van der Waals surface area contributed by atoms with Crippen LogP contribution in [-0.2, 0) is 6.61 Å². The van der Waals surface area contributed by atoms with E-state index in [0.717, 1.165) is 0 Å². The van der Waals surface area contributed by atoms with Crippen molar-refractivity contribution in [3.05, 3.63) is 93.9 Å². The van der Waals surface area contributed by atoms with Crippen LogP contribution in [0.2, 0.25) is 0 Å². The Morgan fingerprint density at radius 1 is 1.11 bits per heavy atom. The van der Waals surface area contributed by atoms with Crippen LogP contribution >= 0.6 is 11.3 Å². The molecule has 2 heterocycles. The number of nitrogens with zero attached hydrogens (tertiary/aromatic N) is 2. The highest BCUT2D eigenvalue weighted by molar-refractivity contribution is 7.15. The smallest absolute Gasteiger partial charge is 0.258 e. The highest BCUT2D eigenvalue weighted by Gasteiger charge is 2.07. The number of nitrogens with one attached hydrogen (secondary N) is 1. The van der Waals surface area contributed by atoms with Gasteiger partial charge in [-0.1, -0.05) is 24.3 Å². The summed E-state index contributed by atoms with van der Waals surface area (Å²) in [5.74, 6) is 0.389. The van der Waals surface area contributed by atoms with Gasteiger partial charge in [-0.05, 0) is 24.3 Å². The number of carbonyl (C=O) groups excluding carboxylic acids is 1. The molecule has 4 aromatic rings. The van der Waals surface area contributed by atoms with Gasteiger partial charge in [-0.25, -0.2) is 4.98 Å². The van der Waals surface area contributed by atoms with Crippen molar-refractivity contribution in [3.8, 4) is 5.75 Å². The normalized spacial score (nSPS) is 10.7. The van der Waals surface area contributed by atoms with E-state index in [-0.39, 0.29) is 18.1 Å². The molecule has 4 rings (SSSR count). The first-order chi connectivity index (χ1) is 13.2. The van der Waals surface area contributed by atoms with Crippen molar-refractivity contribution in [3.63, 3.8) is 0 Å². The van der Waals surface area contributed by atoms with Crippen molar-refractivity contribution in [2.45, 2.75) is 6.61 Å². The Morgan fingerprint density at radius 3 is 2.81 bits per heavy atom. The highest BCUT2D eigenvalue weighted by Crippen LogP contribution is 2.19. The number of carbonyl (C=O) groups is 1. The van der Waals surface area contributed by atoms with Crippen LogP contribution in [0.1, 0.15) is 16.1 Å². The first kappa shape index (κ1) is 17.0. The second kappa shape index (κ2) is 7.43. The van der Waals surface area contributed by atoms with Crippen LogP contribution in [0.25, 0.3) is 4.96 Å². The molecule has 0 radical (unpaired) electrons. The summed E-state index contributed by atoms with van der Waals surface area (Å²) in [7, 11) is 0. The van der Waals surface area contributed by atoms with Crippen LogP contribution in [-0.4, -0.2) is 15.3 Å². The van der Waals surface area contributed by atoms with Gasteiger partial charge in [0.15, 0.2) is 4.96 Å². The van der Waals surface area contributed by atoms with Crippen molar-refractivity contribution in [2.75, 3.05) is 5.32 Å². The van der Waals surface area contributed by atoms with Crippen molar-refractivity contribution >= 4 is 27.9 Å². The number of hydrogen-bond donors (Lipinski definition) is 1. The van der Waals surface area contributed by atoms with Crippen LogP contribution in [0.3, 0.4) is 0 Å². The zero-order valence-electron chi connectivity index (χ0n) is 14.2. The molecule has 1 amide bonds. The van der Waals surface area contributed by atoms with E-state index >= 15 is 0 Å². The number of anilines is 1. The molecule has 0 saturated heterocycles. The topological polar surface area (TPSA) is 72.7 Å². The summed E-state index contributed by atoms with van der Waals surface area (Å²) in [5, 5.41) is 4.65. The number of rotatable bonds is 5. The molecular weight excluding hydrogens is 362 g/mol. The summed E-state index contributed by atoms with van der Waals surface area (Å²) < 4.78 is 7.24. The highest BCUT2D eigenvalue weighted by atomic mass is 32.1. The Hall–Kier alpha value is -3.45. The molecule has 0 spiro atoms. The zero-order valence-corrected chi connectivity index (χ0v) is 15.0. The summed E-state index contributed by atoms with van der Waals surface area (Å²) in [5.41, 5.74) is 1.63. The minimum Gasteiger partial charge on any atom is -0.487 e. The second-order valence-corrected chi connectivity index (χ2v) is 6.65. The molecule has 134 valence electrons. The lowest BCUT2D eigenvalue weighted by molar-refractivity contribution is 0.102. The van der Waals surface area contributed by atoms with Gasteiger partial charge in [0.1, 0.15) is 12.4 Å². The molecule has 27 heavy (non-hydrogen) atoms. The van der Waals surface area contributed by atoms with E-state index < -0.39 is 0 Å². The first-order valence-corrected chi connectivity index (χ1v) is 9.12. The molecule has 0 atom stereocenters. The maximum absolute atomic E-state index is 12.2. The van der Waals surface area contributed by atoms with E-state index in [2.05, 4.69) is 10.3 Å². The second-order valence-electron chi connectivity index (χ2n) is 5.78. The van der Waals surface area contributed by atoms with Crippen molar-refractivity contribution < 1.29 is 9.53 Å². The SMILES string of the molecule is O=C(Nc1cccc(OCc2cc(=O)n3ccsc3n2)c1)c1ccccc1. The van der Waals surface area contributed by atoms with E-state index in [1.165, 1.54) is 21.8 Å². The lowest BCUT2D eigenvalue weighted by atomic mass is 10.2. The minimum atomic E-state index is -0.189. The standard InChI is InChI=1S/C20H15N3O3S/c24-18-12-16(22-20-23(18)9-10-27-20)13-26-17-8-4-7-15(11-17)21-19(25)14-5-2-1-3-6-14/h1-12H,13H2,(H,21,25). The molecule has 2 aromatic heterocycles. The van der Waals surface area contributed by atoms with E-state index in [1.807, 2.05) is 23.6 Å². The predicted octanol–water partition coefficient (Wildman–Crippen LogP) is 3.59. The molecular formula is C20H15N3O3S. The summed E-state index contributed by atoms with van der Waals surface area (Å²) in [4.78, 5) is 29.3. The maximum Gasteiger partial charge on any atom is 0.258 e. The van der Waals surface area contributed by atoms with E-state index in [4.69, 9.17) is 4.74 Å². The van der Waals surface area contributed by atoms with E-state index in [0.29, 0.717) is 27.7 Å². The molecule has 7 heteroatoms. The van der Waals surface area contributed by atoms with Crippen molar-refractivity contribution in [1.82, 2.24) is 9.38 Å². The first-order valence-electron chi connectivity index (χ1n) is 8.24. The summed E-state index contributed by atoms with van der Waals surface area (Å²) in [6.45, 7) is 0.166. The van der Waals surface area contributed by atoms with Crippen LogP contribution in [0.4, 0.5) is 5.69 Å². The molecule has 0 bridgehead atoms. The van der Waals surface area contributed by atoms with Crippen molar-refractivity contribution in [1.29, 1.82) is 0 Å². The number of hydrogen-bond acceptors (Lipinski definition) is 5. The molecule has 6 nitrogen and oxygen atoms in total. The Bertz CT molecular complexity index is 1150. The fraction of sp³-hybridized carbons (Fsp3) is 0.0500. The monoisotopic (exact) mass is 377 g/mol. The fourth-order valence-corrected chi connectivity index (χ4v) is 3.31. The van der Waals surface area contributed by atoms with Gasteiger partial charge >= 0.3 is 0 Å². The third-order valence-corrected chi connectivity index (χ3v) is 4.63. The van der Waals surface area contributed by atoms with Gasteiger partial charge in [0.25, 0.3) is 11.5 Å². The molecule has 0 aliphatic heterocycles.